The van der Waals surface area contributed by atoms with Crippen LogP contribution < -0.4 is 0 Å². The first-order valence-electron chi connectivity index (χ1n) is 3.94. The maximum atomic E-state index is 10.1. The number of hydrogen-bond donors (Lipinski definition) is 0. The minimum atomic E-state index is -0.391. The van der Waals surface area contributed by atoms with Crippen molar-refractivity contribution in [1.29, 1.82) is 0 Å². The predicted octanol–water partition coefficient (Wildman–Crippen LogP) is 0.680. The second kappa shape index (κ2) is 4.46. The van der Waals surface area contributed by atoms with Gasteiger partial charge in [0.15, 0.2) is 0 Å². The van der Waals surface area contributed by atoms with E-state index in [1.54, 1.807) is 13.2 Å². The summed E-state index contributed by atoms with van der Waals surface area (Å²) in [7, 11) is 0. The van der Waals surface area contributed by atoms with Crippen LogP contribution in [-0.2, 0) is 14.3 Å². The molecule has 1 radical (unpaired) electrons. The van der Waals surface area contributed by atoms with Crippen LogP contribution in [0.3, 0.4) is 0 Å². The van der Waals surface area contributed by atoms with Crippen LogP contribution >= 0.6 is 0 Å². The molecule has 0 aromatic heterocycles. The molecule has 1 aliphatic rings. The van der Waals surface area contributed by atoms with Crippen LogP contribution in [0.15, 0.2) is 0 Å². The minimum Gasteiger partial charge on any atom is -0.381 e. The van der Waals surface area contributed by atoms with E-state index < -0.39 is 6.10 Å². The van der Waals surface area contributed by atoms with Gasteiger partial charge in [-0.3, -0.25) is 4.79 Å². The largest absolute Gasteiger partial charge is 0.381 e. The van der Waals surface area contributed by atoms with E-state index in [0.29, 0.717) is 0 Å². The van der Waals surface area contributed by atoms with Crippen LogP contribution in [-0.4, -0.2) is 31.7 Å². The first-order valence-corrected chi connectivity index (χ1v) is 3.94. The highest BCUT2D eigenvalue weighted by Gasteiger charge is 2.16. The molecule has 0 amide bonds. The fraction of sp³-hybridized carbons (Fsp3) is 0.875. The summed E-state index contributed by atoms with van der Waals surface area (Å²) in [6.45, 7) is 3.20. The van der Waals surface area contributed by atoms with Crippen molar-refractivity contribution in [2.24, 2.45) is 0 Å². The molecular formula is C8H13O3. The highest BCUT2D eigenvalue weighted by molar-refractivity contribution is 5.56. The van der Waals surface area contributed by atoms with Gasteiger partial charge >= 0.3 is 0 Å². The van der Waals surface area contributed by atoms with Gasteiger partial charge in [-0.05, 0) is 19.8 Å². The zero-order valence-corrected chi connectivity index (χ0v) is 6.71. The molecule has 0 bridgehead atoms. The van der Waals surface area contributed by atoms with Crippen molar-refractivity contribution in [3.63, 3.8) is 0 Å². The predicted molar refractivity (Wildman–Crippen MR) is 40.1 cm³/mol. The van der Waals surface area contributed by atoms with Crippen molar-refractivity contribution < 1.29 is 14.3 Å². The summed E-state index contributed by atoms with van der Waals surface area (Å²) in [4.78, 5) is 10.1. The highest BCUT2D eigenvalue weighted by Crippen LogP contribution is 2.11. The van der Waals surface area contributed by atoms with Crippen molar-refractivity contribution in [3.8, 4) is 0 Å². The Morgan fingerprint density at radius 3 is 2.73 bits per heavy atom. The standard InChI is InChI=1S/C8H13O3/c1-7(6-9)11-8-2-4-10-5-3-8/h7-8H,2-5H2,1H3/t7-/m1/s1. The van der Waals surface area contributed by atoms with Crippen LogP contribution in [0.1, 0.15) is 19.8 Å². The normalized spacial score (nSPS) is 23.0. The molecule has 11 heavy (non-hydrogen) atoms. The van der Waals surface area contributed by atoms with Crippen LogP contribution in [0.4, 0.5) is 0 Å². The fourth-order valence-electron chi connectivity index (χ4n) is 1.13. The third kappa shape index (κ3) is 2.99. The van der Waals surface area contributed by atoms with E-state index in [2.05, 4.69) is 0 Å². The summed E-state index contributed by atoms with van der Waals surface area (Å²) in [6.07, 6.45) is 3.39. The lowest BCUT2D eigenvalue weighted by molar-refractivity contribution is -0.0432. The summed E-state index contributed by atoms with van der Waals surface area (Å²) >= 11 is 0. The van der Waals surface area contributed by atoms with E-state index in [-0.39, 0.29) is 6.10 Å². The van der Waals surface area contributed by atoms with Gasteiger partial charge in [-0.1, -0.05) is 0 Å². The van der Waals surface area contributed by atoms with E-state index >= 15 is 0 Å². The summed E-state index contributed by atoms with van der Waals surface area (Å²) in [5.74, 6) is 0. The molecule has 1 fully saturated rings. The van der Waals surface area contributed by atoms with Crippen LogP contribution in [0, 0.1) is 0 Å². The number of rotatable bonds is 3. The minimum absolute atomic E-state index is 0.195. The third-order valence-corrected chi connectivity index (χ3v) is 1.73. The molecule has 1 heterocycles. The monoisotopic (exact) mass is 157 g/mol. The van der Waals surface area contributed by atoms with Crippen molar-refractivity contribution in [2.75, 3.05) is 13.2 Å². The van der Waals surface area contributed by atoms with Gasteiger partial charge in [-0.15, -0.1) is 0 Å². The molecule has 1 atom stereocenters. The molecule has 1 saturated heterocycles. The van der Waals surface area contributed by atoms with Crippen molar-refractivity contribution in [2.45, 2.75) is 32.0 Å². The lowest BCUT2D eigenvalue weighted by atomic mass is 10.1. The smallest absolute Gasteiger partial charge is 0.229 e. The van der Waals surface area contributed by atoms with Crippen LogP contribution in [0.25, 0.3) is 0 Å². The number of ether oxygens (including phenoxy) is 2. The molecule has 0 aromatic rings. The Morgan fingerprint density at radius 2 is 2.18 bits per heavy atom. The quantitative estimate of drug-likeness (QED) is 0.604. The van der Waals surface area contributed by atoms with E-state index in [0.717, 1.165) is 26.1 Å². The summed E-state index contributed by atoms with van der Waals surface area (Å²) < 4.78 is 10.5. The second-order valence-electron chi connectivity index (χ2n) is 2.71. The molecule has 0 N–H and O–H groups in total. The average molecular weight is 157 g/mol. The third-order valence-electron chi connectivity index (χ3n) is 1.73. The van der Waals surface area contributed by atoms with E-state index in [1.807, 2.05) is 0 Å². The molecule has 0 saturated carbocycles. The Kier molecular flexibility index (Phi) is 3.52. The molecule has 0 spiro atoms. The molecule has 0 aliphatic carbocycles. The van der Waals surface area contributed by atoms with E-state index in [4.69, 9.17) is 9.47 Å². The first-order chi connectivity index (χ1) is 5.33. The highest BCUT2D eigenvalue weighted by atomic mass is 16.5. The van der Waals surface area contributed by atoms with E-state index in [1.165, 1.54) is 0 Å². The average Bonchev–Trinajstić information content (AvgIpc) is 2.06. The lowest BCUT2D eigenvalue weighted by Gasteiger charge is -2.23. The topological polar surface area (TPSA) is 35.5 Å². The lowest BCUT2D eigenvalue weighted by Crippen LogP contribution is -2.27. The zero-order valence-electron chi connectivity index (χ0n) is 6.71. The van der Waals surface area contributed by atoms with Gasteiger partial charge in [0.05, 0.1) is 6.10 Å². The molecule has 1 rings (SSSR count). The number of hydrogen-bond acceptors (Lipinski definition) is 3. The number of carbonyl (C=O) groups excluding carboxylic acids is 1. The maximum Gasteiger partial charge on any atom is 0.229 e. The maximum absolute atomic E-state index is 10.1. The molecule has 63 valence electrons. The molecule has 3 nitrogen and oxygen atoms in total. The Hall–Kier alpha value is -0.410. The van der Waals surface area contributed by atoms with Gasteiger partial charge in [0.25, 0.3) is 0 Å². The van der Waals surface area contributed by atoms with Gasteiger partial charge < -0.3 is 9.47 Å². The van der Waals surface area contributed by atoms with Crippen LogP contribution in [0.5, 0.6) is 0 Å². The van der Waals surface area contributed by atoms with Gasteiger partial charge in [-0.25, -0.2) is 0 Å². The van der Waals surface area contributed by atoms with Crippen molar-refractivity contribution in [1.82, 2.24) is 0 Å². The van der Waals surface area contributed by atoms with Crippen molar-refractivity contribution >= 4 is 6.29 Å². The second-order valence-corrected chi connectivity index (χ2v) is 2.71. The Morgan fingerprint density at radius 1 is 1.55 bits per heavy atom. The van der Waals surface area contributed by atoms with Crippen molar-refractivity contribution in [3.05, 3.63) is 0 Å². The summed E-state index contributed by atoms with van der Waals surface area (Å²) in [5.41, 5.74) is 0. The van der Waals surface area contributed by atoms with Gasteiger partial charge in [0, 0.05) is 13.2 Å². The Balaban J connectivity index is 2.18. The van der Waals surface area contributed by atoms with Gasteiger partial charge in [0.2, 0.25) is 6.29 Å². The van der Waals surface area contributed by atoms with Crippen LogP contribution in [0.2, 0.25) is 0 Å². The van der Waals surface area contributed by atoms with E-state index in [9.17, 15) is 4.79 Å². The molecular weight excluding hydrogens is 144 g/mol. The fourth-order valence-corrected chi connectivity index (χ4v) is 1.13. The Labute approximate surface area is 66.7 Å². The Bertz CT molecular complexity index is 119. The molecule has 1 aliphatic heterocycles. The molecule has 0 unspecified atom stereocenters. The van der Waals surface area contributed by atoms with Gasteiger partial charge in [0.1, 0.15) is 6.10 Å². The first kappa shape index (κ1) is 8.68. The van der Waals surface area contributed by atoms with Gasteiger partial charge in [-0.2, -0.15) is 0 Å². The zero-order chi connectivity index (χ0) is 8.10. The SMILES string of the molecule is C[C@H]([C]=O)OC1CCOCC1. The summed E-state index contributed by atoms with van der Waals surface area (Å²) in [5, 5.41) is 0. The summed E-state index contributed by atoms with van der Waals surface area (Å²) in [6, 6.07) is 0. The molecule has 0 aromatic carbocycles. The molecule has 3 heteroatoms.